The van der Waals surface area contributed by atoms with Gasteiger partial charge >= 0.3 is 5.97 Å². The number of aliphatic hydroxyl groups excluding tert-OH is 1. The molecule has 0 aromatic rings. The Hall–Kier alpha value is -2.25. The molecule has 6 unspecified atom stereocenters. The van der Waals surface area contributed by atoms with E-state index in [2.05, 4.69) is 28.8 Å². The van der Waals surface area contributed by atoms with Gasteiger partial charge in [-0.15, -0.1) is 0 Å². The van der Waals surface area contributed by atoms with E-state index < -0.39 is 48.0 Å². The van der Waals surface area contributed by atoms with Crippen molar-refractivity contribution in [3.63, 3.8) is 0 Å². The molecule has 0 saturated carbocycles. The standard InChI is InChI=1S/C21H34O8.C8H17NO2.C3H8.C2H7N.2C2H6/c1-6-7-14(2)19(25)15(3)17(8-10-22)21(5,27)12-29-20(26)16(4)18(24)9-11-28-13-23;1-6-4-7(9(2)3)5-8(10)11-6;2*1-3-2;2*1-2/h10,13-17,27H,6-9,11-12H2,1-5H3;6-8,10H,4-5H2,1-3H3;3H2,1-2H3;3H,1-2H3;2*1-2H3/t14-,15?,16?,17?,21-;;;;;/m1...../s1. The lowest BCUT2D eigenvalue weighted by molar-refractivity contribution is -0.172. The summed E-state index contributed by atoms with van der Waals surface area (Å²) < 4.78 is 14.7. The Balaban J connectivity index is -0.000000261. The van der Waals surface area contributed by atoms with Crippen LogP contribution < -0.4 is 5.32 Å². The van der Waals surface area contributed by atoms with Gasteiger partial charge in [0, 0.05) is 43.1 Å². The van der Waals surface area contributed by atoms with E-state index in [4.69, 9.17) is 9.47 Å². The number of hydrogen-bond acceptors (Lipinski definition) is 12. The van der Waals surface area contributed by atoms with Crippen LogP contribution in [0.4, 0.5) is 0 Å². The van der Waals surface area contributed by atoms with Crippen molar-refractivity contribution in [3.8, 4) is 0 Å². The number of carbonyl (C=O) groups excluding carboxylic acids is 5. The Morgan fingerprint density at radius 2 is 1.52 bits per heavy atom. The Kier molecular flexibility index (Phi) is 41.7. The van der Waals surface area contributed by atoms with Gasteiger partial charge in [-0.1, -0.05) is 75.2 Å². The van der Waals surface area contributed by atoms with Crippen molar-refractivity contribution in [1.82, 2.24) is 10.2 Å². The van der Waals surface area contributed by atoms with Crippen LogP contribution in [0.3, 0.4) is 0 Å². The molecule has 1 saturated heterocycles. The highest BCUT2D eigenvalue weighted by Gasteiger charge is 2.41. The first kappa shape index (κ1) is 57.1. The van der Waals surface area contributed by atoms with E-state index in [0.29, 0.717) is 18.7 Å². The Morgan fingerprint density at radius 3 is 1.92 bits per heavy atom. The maximum Gasteiger partial charge on any atom is 0.316 e. The molecule has 1 aliphatic heterocycles. The number of ether oxygens (including phenoxy) is 3. The summed E-state index contributed by atoms with van der Waals surface area (Å²) in [6, 6.07) is 0.466. The number of aliphatic hydroxyl groups is 2. The van der Waals surface area contributed by atoms with Crippen LogP contribution in [0.25, 0.3) is 0 Å². The van der Waals surface area contributed by atoms with Crippen molar-refractivity contribution >= 4 is 30.3 Å². The molecule has 1 rings (SSSR count). The molecule has 1 heterocycles. The molecule has 300 valence electrons. The number of aldehydes is 1. The molecule has 1 aliphatic rings. The smallest absolute Gasteiger partial charge is 0.316 e. The summed E-state index contributed by atoms with van der Waals surface area (Å²) in [6.07, 6.45) is 4.62. The number of carbonyl (C=O) groups is 5. The number of nitrogens with one attached hydrogen (secondary N) is 1. The zero-order valence-corrected chi connectivity index (χ0v) is 34.7. The Bertz CT molecular complexity index is 826. The largest absolute Gasteiger partial charge is 0.467 e. The van der Waals surface area contributed by atoms with Crippen LogP contribution in [-0.2, 0) is 38.2 Å². The summed E-state index contributed by atoms with van der Waals surface area (Å²) in [7, 11) is 7.82. The first-order chi connectivity index (χ1) is 23.4. The van der Waals surface area contributed by atoms with E-state index in [1.54, 1.807) is 6.92 Å². The summed E-state index contributed by atoms with van der Waals surface area (Å²) >= 11 is 0. The molecule has 12 heteroatoms. The first-order valence-corrected chi connectivity index (χ1v) is 18.5. The molecule has 8 atom stereocenters. The van der Waals surface area contributed by atoms with Crippen LogP contribution in [0, 0.1) is 23.7 Å². The van der Waals surface area contributed by atoms with Crippen LogP contribution in [-0.4, -0.2) is 111 Å². The Labute approximate surface area is 305 Å². The summed E-state index contributed by atoms with van der Waals surface area (Å²) in [6.45, 7) is 22.1. The summed E-state index contributed by atoms with van der Waals surface area (Å²) in [5, 5.41) is 22.8. The molecule has 0 radical (unpaired) electrons. The summed E-state index contributed by atoms with van der Waals surface area (Å²) in [5.74, 6) is -3.96. The van der Waals surface area contributed by atoms with Gasteiger partial charge in [-0.25, -0.2) is 0 Å². The lowest BCUT2D eigenvalue weighted by Crippen LogP contribution is -2.46. The molecule has 0 amide bonds. The van der Waals surface area contributed by atoms with Crippen molar-refractivity contribution in [1.29, 1.82) is 0 Å². The van der Waals surface area contributed by atoms with Crippen molar-refractivity contribution in [2.75, 3.05) is 41.4 Å². The lowest BCUT2D eigenvalue weighted by Gasteiger charge is -2.36. The summed E-state index contributed by atoms with van der Waals surface area (Å²) in [5.41, 5.74) is -1.62. The molecule has 0 aliphatic carbocycles. The van der Waals surface area contributed by atoms with Gasteiger partial charge in [-0.2, -0.15) is 0 Å². The third-order valence-corrected chi connectivity index (χ3v) is 7.48. The molecule has 12 nitrogen and oxygen atoms in total. The predicted molar refractivity (Wildman–Crippen MR) is 202 cm³/mol. The number of hydrogen-bond donors (Lipinski definition) is 3. The normalized spacial score (nSPS) is 19.6. The number of esters is 1. The van der Waals surface area contributed by atoms with Gasteiger partial charge in [0.2, 0.25) is 0 Å². The van der Waals surface area contributed by atoms with Gasteiger partial charge in [-0.05, 0) is 61.8 Å². The monoisotopic (exact) mass is 723 g/mol. The molecular weight excluding hydrogens is 644 g/mol. The zero-order valence-electron chi connectivity index (χ0n) is 34.7. The minimum Gasteiger partial charge on any atom is -0.467 e. The predicted octanol–water partition coefficient (Wildman–Crippen LogP) is 5.63. The van der Waals surface area contributed by atoms with Crippen LogP contribution in [0.5, 0.6) is 0 Å². The average molecular weight is 723 g/mol. The SMILES string of the molecule is CC.CC.CC1CC(N(C)C)CC(O)O1.CCC.CCC[C@@H](C)C(=O)C(C)C(CC=O)[C@](C)(O)COC(=O)C(C)C(=O)CCOC=O.CNC. The topological polar surface area (TPSA) is 169 Å². The fourth-order valence-corrected chi connectivity index (χ4v) is 4.84. The van der Waals surface area contributed by atoms with E-state index in [9.17, 15) is 34.2 Å². The van der Waals surface area contributed by atoms with Crippen molar-refractivity contribution in [2.45, 2.75) is 152 Å². The minimum atomic E-state index is -1.62. The number of ketones is 2. The third kappa shape index (κ3) is 28.4. The molecule has 1 fully saturated rings. The maximum absolute atomic E-state index is 12.6. The highest BCUT2D eigenvalue weighted by molar-refractivity contribution is 5.98. The number of nitrogens with zero attached hydrogens (tertiary/aromatic N) is 1. The van der Waals surface area contributed by atoms with Crippen LogP contribution in [0.1, 0.15) is 128 Å². The van der Waals surface area contributed by atoms with Gasteiger partial charge in [0.25, 0.3) is 6.47 Å². The van der Waals surface area contributed by atoms with E-state index in [1.165, 1.54) is 20.3 Å². The first-order valence-electron chi connectivity index (χ1n) is 18.5. The molecule has 0 spiro atoms. The van der Waals surface area contributed by atoms with Crippen molar-refractivity contribution in [3.05, 3.63) is 0 Å². The Morgan fingerprint density at radius 1 is 1.02 bits per heavy atom. The molecule has 0 bridgehead atoms. The van der Waals surface area contributed by atoms with Gasteiger partial charge in [0.15, 0.2) is 6.29 Å². The number of Topliss-reactive ketones (excluding diaryl/α,β-unsaturated/α-hetero) is 2. The fraction of sp³-hybridized carbons (Fsp3) is 0.868. The van der Waals surface area contributed by atoms with E-state index in [1.807, 2.05) is 76.7 Å². The highest BCUT2D eigenvalue weighted by atomic mass is 16.6. The average Bonchev–Trinajstić information content (AvgIpc) is 3.07. The minimum absolute atomic E-state index is 0.0518. The van der Waals surface area contributed by atoms with Gasteiger partial charge in [0.05, 0.1) is 18.3 Å². The highest BCUT2D eigenvalue weighted by Crippen LogP contribution is 2.31. The molecule has 0 aromatic carbocycles. The van der Waals surface area contributed by atoms with Gasteiger partial charge in [-0.3, -0.25) is 19.2 Å². The quantitative estimate of drug-likeness (QED) is 0.0733. The second-order valence-corrected chi connectivity index (χ2v) is 12.5. The summed E-state index contributed by atoms with van der Waals surface area (Å²) in [4.78, 5) is 60.1. The molecular formula is C38H78N2O10. The fourth-order valence-electron chi connectivity index (χ4n) is 4.84. The second-order valence-electron chi connectivity index (χ2n) is 12.5. The maximum atomic E-state index is 12.6. The third-order valence-electron chi connectivity index (χ3n) is 7.48. The molecule has 50 heavy (non-hydrogen) atoms. The number of rotatable bonds is 17. The lowest BCUT2D eigenvalue weighted by atomic mass is 9.74. The van der Waals surface area contributed by atoms with Crippen molar-refractivity contribution in [2.24, 2.45) is 23.7 Å². The van der Waals surface area contributed by atoms with E-state index >= 15 is 0 Å². The second kappa shape index (κ2) is 36.5. The van der Waals surface area contributed by atoms with E-state index in [0.717, 1.165) is 19.3 Å². The van der Waals surface area contributed by atoms with Gasteiger partial charge < -0.3 is 39.4 Å². The van der Waals surface area contributed by atoms with Gasteiger partial charge in [0.1, 0.15) is 30.4 Å². The van der Waals surface area contributed by atoms with Crippen molar-refractivity contribution < 1.29 is 48.4 Å². The van der Waals surface area contributed by atoms with Crippen LogP contribution in [0.15, 0.2) is 0 Å². The van der Waals surface area contributed by atoms with Crippen LogP contribution in [0.2, 0.25) is 0 Å². The van der Waals surface area contributed by atoms with Crippen LogP contribution >= 0.6 is 0 Å². The zero-order chi connectivity index (χ0) is 40.5. The molecule has 3 N–H and O–H groups in total. The van der Waals surface area contributed by atoms with E-state index in [-0.39, 0.29) is 43.7 Å². The molecule has 0 aromatic heterocycles.